The normalized spacial score (nSPS) is 10.3. The van der Waals surface area contributed by atoms with Crippen LogP contribution in [-0.2, 0) is 0 Å². The van der Waals surface area contributed by atoms with Gasteiger partial charge in [0.15, 0.2) is 0 Å². The minimum absolute atomic E-state index is 0.0347. The van der Waals surface area contributed by atoms with Gasteiger partial charge >= 0.3 is 0 Å². The molecule has 3 aromatic rings. The molecule has 0 amide bonds. The van der Waals surface area contributed by atoms with Crippen LogP contribution in [-0.4, -0.2) is 9.55 Å². The molecule has 0 radical (unpaired) electrons. The second-order valence-corrected chi connectivity index (χ2v) is 5.37. The lowest BCUT2D eigenvalue weighted by Crippen LogP contribution is -2.03. The lowest BCUT2D eigenvalue weighted by atomic mass is 10.1. The largest absolute Gasteiger partial charge is 0.296 e. The molecule has 126 valence electrons. The van der Waals surface area contributed by atoms with Gasteiger partial charge in [0.25, 0.3) is 0 Å². The Kier molecular flexibility index (Phi) is 5.50. The fourth-order valence-electron chi connectivity index (χ4n) is 2.78. The molecule has 2 nitrogen and oxygen atoms in total. The molecule has 0 bridgehead atoms. The molecule has 0 fully saturated rings. The van der Waals surface area contributed by atoms with Gasteiger partial charge in [0, 0.05) is 5.69 Å². The highest BCUT2D eigenvalue weighted by Crippen LogP contribution is 2.32. The summed E-state index contributed by atoms with van der Waals surface area (Å²) >= 11 is 0. The Labute approximate surface area is 141 Å². The number of rotatable bonds is 2. The van der Waals surface area contributed by atoms with Crippen LogP contribution in [0.5, 0.6) is 0 Å². The quantitative estimate of drug-likeness (QED) is 0.584. The molecule has 1 heterocycles. The zero-order valence-electron chi connectivity index (χ0n) is 14.7. The predicted molar refractivity (Wildman–Crippen MR) is 94.5 cm³/mol. The number of benzene rings is 2. The predicted octanol–water partition coefficient (Wildman–Crippen LogP) is 5.77. The summed E-state index contributed by atoms with van der Waals surface area (Å²) in [4.78, 5) is 4.40. The van der Waals surface area contributed by atoms with Crippen molar-refractivity contribution in [3.8, 4) is 16.9 Å². The number of para-hydroxylation sites is 1. The fraction of sp³-hybridized carbons (Fsp3) is 0.250. The van der Waals surface area contributed by atoms with E-state index in [4.69, 9.17) is 0 Å². The number of imidazole rings is 1. The van der Waals surface area contributed by atoms with Gasteiger partial charge in [0.05, 0.1) is 17.0 Å². The van der Waals surface area contributed by atoms with Crippen molar-refractivity contribution >= 4 is 0 Å². The van der Waals surface area contributed by atoms with E-state index in [2.05, 4.69) is 4.98 Å². The first-order valence-corrected chi connectivity index (χ1v) is 8.06. The molecule has 0 saturated carbocycles. The third-order valence-corrected chi connectivity index (χ3v) is 3.66. The molecule has 1 aromatic heterocycles. The number of aromatic nitrogens is 2. The van der Waals surface area contributed by atoms with Crippen LogP contribution in [0, 0.1) is 32.4 Å². The summed E-state index contributed by atoms with van der Waals surface area (Å²) in [6.07, 6.45) is 0. The molecule has 0 aliphatic rings. The van der Waals surface area contributed by atoms with Crippen molar-refractivity contribution in [1.82, 2.24) is 9.55 Å². The van der Waals surface area contributed by atoms with Gasteiger partial charge in [-0.15, -0.1) is 0 Å². The van der Waals surface area contributed by atoms with E-state index in [0.29, 0.717) is 22.8 Å². The molecule has 24 heavy (non-hydrogen) atoms. The smallest absolute Gasteiger partial charge is 0.135 e. The molecular weight excluding hydrogens is 306 g/mol. The fourth-order valence-corrected chi connectivity index (χ4v) is 2.78. The van der Waals surface area contributed by atoms with Gasteiger partial charge in [0.2, 0.25) is 0 Å². The van der Waals surface area contributed by atoms with E-state index < -0.39 is 11.6 Å². The summed E-state index contributed by atoms with van der Waals surface area (Å²) in [5.41, 5.74) is 2.41. The molecular formula is C20H22F2N2. The second-order valence-electron chi connectivity index (χ2n) is 5.37. The van der Waals surface area contributed by atoms with E-state index in [-0.39, 0.29) is 5.56 Å². The molecule has 0 saturated heterocycles. The highest BCUT2D eigenvalue weighted by molar-refractivity contribution is 5.67. The van der Waals surface area contributed by atoms with Crippen LogP contribution in [0.25, 0.3) is 16.9 Å². The first kappa shape index (κ1) is 17.9. The number of hydrogen-bond donors (Lipinski definition) is 0. The molecule has 0 spiro atoms. The summed E-state index contributed by atoms with van der Waals surface area (Å²) in [5.74, 6) is -0.451. The number of nitrogens with zero attached hydrogens (tertiary/aromatic N) is 2. The topological polar surface area (TPSA) is 17.8 Å². The average molecular weight is 328 g/mol. The zero-order chi connectivity index (χ0) is 17.9. The van der Waals surface area contributed by atoms with Gasteiger partial charge in [0.1, 0.15) is 17.5 Å². The zero-order valence-corrected chi connectivity index (χ0v) is 14.7. The maximum absolute atomic E-state index is 14.4. The highest BCUT2D eigenvalue weighted by atomic mass is 19.1. The van der Waals surface area contributed by atoms with Gasteiger partial charge in [-0.3, -0.25) is 4.57 Å². The van der Waals surface area contributed by atoms with Gasteiger partial charge in [-0.25, -0.2) is 13.8 Å². The standard InChI is InChI=1S/C18H16F2N2.C2H6/c1-11-9-15(19)17(16(20)10-11)18-12(2)21-13(3)22(18)14-7-5-4-6-8-14;1-2/h4-10H,1-3H3;1-2H3. The number of halogens is 2. The molecule has 0 unspecified atom stereocenters. The van der Waals surface area contributed by atoms with Gasteiger partial charge < -0.3 is 0 Å². The van der Waals surface area contributed by atoms with E-state index in [1.165, 1.54) is 12.1 Å². The number of hydrogen-bond acceptors (Lipinski definition) is 1. The average Bonchev–Trinajstić information content (AvgIpc) is 2.84. The van der Waals surface area contributed by atoms with Crippen molar-refractivity contribution in [3.63, 3.8) is 0 Å². The Morgan fingerprint density at radius 1 is 0.875 bits per heavy atom. The van der Waals surface area contributed by atoms with Crippen LogP contribution >= 0.6 is 0 Å². The summed E-state index contributed by atoms with van der Waals surface area (Å²) in [6, 6.07) is 12.1. The van der Waals surface area contributed by atoms with Crippen LogP contribution in [0.2, 0.25) is 0 Å². The SMILES string of the molecule is CC.Cc1cc(F)c(-c2c(C)nc(C)n2-c2ccccc2)c(F)c1. The van der Waals surface area contributed by atoms with Crippen LogP contribution in [0.1, 0.15) is 30.9 Å². The molecule has 0 aliphatic heterocycles. The van der Waals surface area contributed by atoms with E-state index >= 15 is 0 Å². The monoisotopic (exact) mass is 328 g/mol. The molecule has 0 N–H and O–H groups in total. The molecule has 2 aromatic carbocycles. The van der Waals surface area contributed by atoms with Crippen molar-refractivity contribution in [2.45, 2.75) is 34.6 Å². The third kappa shape index (κ3) is 3.23. The first-order valence-electron chi connectivity index (χ1n) is 8.06. The Bertz CT molecular complexity index is 813. The molecule has 3 rings (SSSR count). The maximum Gasteiger partial charge on any atom is 0.135 e. The van der Waals surface area contributed by atoms with Gasteiger partial charge in [-0.05, 0) is 50.6 Å². The van der Waals surface area contributed by atoms with Crippen molar-refractivity contribution in [2.24, 2.45) is 0 Å². The van der Waals surface area contributed by atoms with E-state index in [9.17, 15) is 8.78 Å². The minimum atomic E-state index is -0.572. The van der Waals surface area contributed by atoms with E-state index in [1.807, 2.05) is 51.1 Å². The third-order valence-electron chi connectivity index (χ3n) is 3.66. The van der Waals surface area contributed by atoms with E-state index in [1.54, 1.807) is 18.4 Å². The highest BCUT2D eigenvalue weighted by Gasteiger charge is 2.21. The maximum atomic E-state index is 14.4. The van der Waals surface area contributed by atoms with Crippen LogP contribution < -0.4 is 0 Å². The summed E-state index contributed by atoms with van der Waals surface area (Å²) in [6.45, 7) is 9.26. The Hall–Kier alpha value is -2.49. The van der Waals surface area contributed by atoms with Gasteiger partial charge in [-0.2, -0.15) is 0 Å². The van der Waals surface area contributed by atoms with Crippen LogP contribution in [0.3, 0.4) is 0 Å². The molecule has 4 heteroatoms. The van der Waals surface area contributed by atoms with Crippen molar-refractivity contribution < 1.29 is 8.78 Å². The van der Waals surface area contributed by atoms with E-state index in [0.717, 1.165) is 5.69 Å². The summed E-state index contributed by atoms with van der Waals surface area (Å²) in [5, 5.41) is 0. The Morgan fingerprint density at radius 3 is 1.96 bits per heavy atom. The van der Waals surface area contributed by atoms with Crippen molar-refractivity contribution in [1.29, 1.82) is 0 Å². The van der Waals surface area contributed by atoms with Gasteiger partial charge in [-0.1, -0.05) is 32.0 Å². The lowest BCUT2D eigenvalue weighted by molar-refractivity contribution is 0.586. The van der Waals surface area contributed by atoms with Crippen LogP contribution in [0.15, 0.2) is 42.5 Å². The van der Waals surface area contributed by atoms with Crippen LogP contribution in [0.4, 0.5) is 8.78 Å². The molecule has 0 aliphatic carbocycles. The van der Waals surface area contributed by atoms with Crippen molar-refractivity contribution in [3.05, 3.63) is 71.2 Å². The molecule has 0 atom stereocenters. The Morgan fingerprint density at radius 2 is 1.42 bits per heavy atom. The lowest BCUT2D eigenvalue weighted by Gasteiger charge is -2.13. The Balaban J connectivity index is 0.00000100. The first-order chi connectivity index (χ1) is 11.5. The summed E-state index contributed by atoms with van der Waals surface area (Å²) < 4.78 is 30.6. The summed E-state index contributed by atoms with van der Waals surface area (Å²) in [7, 11) is 0. The van der Waals surface area contributed by atoms with Crippen molar-refractivity contribution in [2.75, 3.05) is 0 Å². The second kappa shape index (κ2) is 7.39. The minimum Gasteiger partial charge on any atom is -0.296 e. The number of aryl methyl sites for hydroxylation is 3.